The minimum atomic E-state index is 0.595. The van der Waals surface area contributed by atoms with E-state index in [1.807, 2.05) is 11.4 Å². The van der Waals surface area contributed by atoms with Crippen molar-refractivity contribution in [3.63, 3.8) is 0 Å². The van der Waals surface area contributed by atoms with Gasteiger partial charge in [0.15, 0.2) is 0 Å². The van der Waals surface area contributed by atoms with Gasteiger partial charge in [0.25, 0.3) is 0 Å². The van der Waals surface area contributed by atoms with Crippen LogP contribution in [0.3, 0.4) is 0 Å². The van der Waals surface area contributed by atoms with Crippen LogP contribution in [0, 0.1) is 0 Å². The van der Waals surface area contributed by atoms with Crippen molar-refractivity contribution in [2.45, 2.75) is 52.1 Å². The number of nitrogen functional groups attached to an aromatic ring is 1. The zero-order valence-corrected chi connectivity index (χ0v) is 10.6. The van der Waals surface area contributed by atoms with Crippen molar-refractivity contribution in [2.75, 3.05) is 5.73 Å². The van der Waals surface area contributed by atoms with E-state index in [0.717, 1.165) is 12.2 Å². The van der Waals surface area contributed by atoms with Crippen LogP contribution >= 0.6 is 11.3 Å². The third kappa shape index (κ3) is 4.67. The van der Waals surface area contributed by atoms with Crippen molar-refractivity contribution >= 4 is 17.0 Å². The summed E-state index contributed by atoms with van der Waals surface area (Å²) in [6, 6.07) is 2.57. The predicted molar refractivity (Wildman–Crippen MR) is 69.2 cm³/mol. The monoisotopic (exact) mass is 226 g/mol. The predicted octanol–water partition coefficient (Wildman–Crippen LogP) is 3.39. The molecule has 0 saturated heterocycles. The van der Waals surface area contributed by atoms with E-state index in [0.29, 0.717) is 6.04 Å². The van der Waals surface area contributed by atoms with Gasteiger partial charge in [0.1, 0.15) is 0 Å². The molecule has 3 N–H and O–H groups in total. The van der Waals surface area contributed by atoms with Gasteiger partial charge in [0.05, 0.1) is 0 Å². The van der Waals surface area contributed by atoms with Gasteiger partial charge in [0, 0.05) is 23.2 Å². The second kappa shape index (κ2) is 6.85. The Morgan fingerprint density at radius 1 is 1.47 bits per heavy atom. The molecule has 0 spiro atoms. The first-order valence-corrected chi connectivity index (χ1v) is 6.67. The molecular weight excluding hydrogens is 204 g/mol. The molecule has 1 heterocycles. The molecule has 0 aliphatic carbocycles. The summed E-state index contributed by atoms with van der Waals surface area (Å²) in [6.07, 6.45) is 5.22. The Labute approximate surface area is 96.9 Å². The Morgan fingerprint density at radius 2 is 2.27 bits per heavy atom. The zero-order chi connectivity index (χ0) is 11.1. The lowest BCUT2D eigenvalue weighted by Gasteiger charge is -2.12. The molecule has 0 radical (unpaired) electrons. The number of nitrogens with two attached hydrogens (primary N) is 1. The highest BCUT2D eigenvalue weighted by Crippen LogP contribution is 2.18. The van der Waals surface area contributed by atoms with Gasteiger partial charge in [-0.05, 0) is 24.8 Å². The number of unbranched alkanes of at least 4 members (excludes halogenated alkanes) is 2. The number of hydrogen-bond acceptors (Lipinski definition) is 3. The van der Waals surface area contributed by atoms with Gasteiger partial charge in [-0.2, -0.15) is 0 Å². The molecule has 2 nitrogen and oxygen atoms in total. The fourth-order valence-corrected chi connectivity index (χ4v) is 2.31. The fourth-order valence-electron chi connectivity index (χ4n) is 1.56. The molecule has 0 saturated carbocycles. The molecule has 0 bridgehead atoms. The van der Waals surface area contributed by atoms with Crippen LogP contribution in [0.15, 0.2) is 11.4 Å². The Hall–Kier alpha value is -0.540. The first-order chi connectivity index (χ1) is 7.24. The average Bonchev–Trinajstić information content (AvgIpc) is 2.61. The van der Waals surface area contributed by atoms with E-state index in [2.05, 4.69) is 19.2 Å². The van der Waals surface area contributed by atoms with E-state index in [4.69, 9.17) is 5.73 Å². The molecule has 1 rings (SSSR count). The smallest absolute Gasteiger partial charge is 0.0468 e. The summed E-state index contributed by atoms with van der Waals surface area (Å²) < 4.78 is 0. The van der Waals surface area contributed by atoms with Gasteiger partial charge in [-0.25, -0.2) is 0 Å². The number of nitrogens with one attached hydrogen (secondary N) is 1. The van der Waals surface area contributed by atoms with Crippen molar-refractivity contribution in [3.8, 4) is 0 Å². The van der Waals surface area contributed by atoms with Gasteiger partial charge in [-0.3, -0.25) is 0 Å². The summed E-state index contributed by atoms with van der Waals surface area (Å²) in [4.78, 5) is 1.26. The largest absolute Gasteiger partial charge is 0.398 e. The number of thiophene rings is 1. The molecule has 0 aromatic carbocycles. The molecule has 1 aromatic heterocycles. The molecule has 0 aliphatic heterocycles. The minimum Gasteiger partial charge on any atom is -0.398 e. The first-order valence-electron chi connectivity index (χ1n) is 5.79. The SMILES string of the molecule is CCCCCC(C)NCc1sccc1N. The number of anilines is 1. The molecule has 15 heavy (non-hydrogen) atoms. The van der Waals surface area contributed by atoms with E-state index in [1.54, 1.807) is 11.3 Å². The topological polar surface area (TPSA) is 38.0 Å². The summed E-state index contributed by atoms with van der Waals surface area (Å²) in [5, 5.41) is 5.56. The van der Waals surface area contributed by atoms with E-state index in [9.17, 15) is 0 Å². The Bertz CT molecular complexity index is 270. The summed E-state index contributed by atoms with van der Waals surface area (Å²) >= 11 is 1.73. The van der Waals surface area contributed by atoms with Crippen LogP contribution in [0.2, 0.25) is 0 Å². The second-order valence-corrected chi connectivity index (χ2v) is 5.08. The maximum atomic E-state index is 5.82. The quantitative estimate of drug-likeness (QED) is 0.699. The first kappa shape index (κ1) is 12.5. The fraction of sp³-hybridized carbons (Fsp3) is 0.667. The van der Waals surface area contributed by atoms with Crippen LogP contribution in [0.4, 0.5) is 5.69 Å². The van der Waals surface area contributed by atoms with Gasteiger partial charge in [0.2, 0.25) is 0 Å². The number of rotatable bonds is 7. The van der Waals surface area contributed by atoms with E-state index in [-0.39, 0.29) is 0 Å². The zero-order valence-electron chi connectivity index (χ0n) is 9.75. The normalized spacial score (nSPS) is 12.9. The van der Waals surface area contributed by atoms with Crippen LogP contribution in [-0.2, 0) is 6.54 Å². The van der Waals surface area contributed by atoms with Crippen LogP contribution in [0.25, 0.3) is 0 Å². The van der Waals surface area contributed by atoms with E-state index < -0.39 is 0 Å². The molecule has 1 atom stereocenters. The molecule has 1 aromatic rings. The van der Waals surface area contributed by atoms with Crippen molar-refractivity contribution in [1.29, 1.82) is 0 Å². The standard InChI is InChI=1S/C12H22N2S/c1-3-4-5-6-10(2)14-9-12-11(13)7-8-15-12/h7-8,10,14H,3-6,9,13H2,1-2H3. The Kier molecular flexibility index (Phi) is 5.73. The summed E-state index contributed by atoms with van der Waals surface area (Å²) in [5.74, 6) is 0. The van der Waals surface area contributed by atoms with Gasteiger partial charge >= 0.3 is 0 Å². The van der Waals surface area contributed by atoms with E-state index >= 15 is 0 Å². The Morgan fingerprint density at radius 3 is 2.87 bits per heavy atom. The maximum absolute atomic E-state index is 5.82. The lowest BCUT2D eigenvalue weighted by Crippen LogP contribution is -2.25. The van der Waals surface area contributed by atoms with Crippen LogP contribution in [0.1, 0.15) is 44.4 Å². The molecule has 0 aliphatic rings. The van der Waals surface area contributed by atoms with Crippen molar-refractivity contribution in [1.82, 2.24) is 5.32 Å². The molecular formula is C12H22N2S. The molecule has 86 valence electrons. The Balaban J connectivity index is 2.16. The van der Waals surface area contributed by atoms with Gasteiger partial charge in [-0.15, -0.1) is 11.3 Å². The minimum absolute atomic E-state index is 0.595. The van der Waals surface area contributed by atoms with E-state index in [1.165, 1.54) is 30.6 Å². The lowest BCUT2D eigenvalue weighted by molar-refractivity contribution is 0.489. The number of hydrogen-bond donors (Lipinski definition) is 2. The van der Waals surface area contributed by atoms with Crippen LogP contribution in [0.5, 0.6) is 0 Å². The lowest BCUT2D eigenvalue weighted by atomic mass is 10.1. The average molecular weight is 226 g/mol. The molecule has 3 heteroatoms. The highest BCUT2D eigenvalue weighted by Gasteiger charge is 2.04. The summed E-state index contributed by atoms with van der Waals surface area (Å²) in [6.45, 7) is 5.40. The van der Waals surface area contributed by atoms with Crippen LogP contribution in [-0.4, -0.2) is 6.04 Å². The highest BCUT2D eigenvalue weighted by molar-refractivity contribution is 7.10. The van der Waals surface area contributed by atoms with Crippen molar-refractivity contribution in [2.24, 2.45) is 0 Å². The van der Waals surface area contributed by atoms with Crippen LogP contribution < -0.4 is 11.1 Å². The summed E-state index contributed by atoms with van der Waals surface area (Å²) in [7, 11) is 0. The molecule has 1 unspecified atom stereocenters. The maximum Gasteiger partial charge on any atom is 0.0468 e. The highest BCUT2D eigenvalue weighted by atomic mass is 32.1. The molecule has 0 amide bonds. The second-order valence-electron chi connectivity index (χ2n) is 4.08. The summed E-state index contributed by atoms with van der Waals surface area (Å²) in [5.41, 5.74) is 6.74. The van der Waals surface area contributed by atoms with Crippen molar-refractivity contribution < 1.29 is 0 Å². The van der Waals surface area contributed by atoms with Gasteiger partial charge in [-0.1, -0.05) is 26.2 Å². The van der Waals surface area contributed by atoms with Crippen molar-refractivity contribution in [3.05, 3.63) is 16.3 Å². The molecule has 0 fully saturated rings. The third-order valence-electron chi connectivity index (χ3n) is 2.63. The van der Waals surface area contributed by atoms with Gasteiger partial charge < -0.3 is 11.1 Å². The third-order valence-corrected chi connectivity index (χ3v) is 3.57.